The fourth-order valence-corrected chi connectivity index (χ4v) is 5.35. The molecule has 1 aliphatic rings. The summed E-state index contributed by atoms with van der Waals surface area (Å²) in [5.74, 6) is 0.193. The van der Waals surface area contributed by atoms with Crippen LogP contribution in [0.3, 0.4) is 0 Å². The van der Waals surface area contributed by atoms with Crippen LogP contribution >= 0.6 is 0 Å². The number of aryl methyl sites for hydroxylation is 1. The summed E-state index contributed by atoms with van der Waals surface area (Å²) in [6.07, 6.45) is 0. The molecule has 0 fully saturated rings. The van der Waals surface area contributed by atoms with Gasteiger partial charge in [0.05, 0.1) is 10.6 Å². The average Bonchev–Trinajstić information content (AvgIpc) is 2.72. The number of carbonyl (C=O) groups is 1. The first-order valence-electron chi connectivity index (χ1n) is 9.84. The van der Waals surface area contributed by atoms with Crippen LogP contribution in [0.2, 0.25) is 0 Å². The minimum absolute atomic E-state index is 0.230. The molecule has 0 saturated carbocycles. The third-order valence-corrected chi connectivity index (χ3v) is 7.34. The number of fused-ring (bicyclic) bond motifs is 3. The van der Waals surface area contributed by atoms with E-state index in [0.29, 0.717) is 22.7 Å². The van der Waals surface area contributed by atoms with Crippen LogP contribution in [-0.4, -0.2) is 21.4 Å². The lowest BCUT2D eigenvalue weighted by atomic mass is 9.96. The molecule has 0 atom stereocenters. The van der Waals surface area contributed by atoms with E-state index < -0.39 is 10.0 Å². The first kappa shape index (κ1) is 20.2. The van der Waals surface area contributed by atoms with Crippen molar-refractivity contribution in [3.8, 4) is 11.1 Å². The molecule has 6 heteroatoms. The summed E-state index contributed by atoms with van der Waals surface area (Å²) < 4.78 is 27.1. The predicted molar refractivity (Wildman–Crippen MR) is 121 cm³/mol. The molecule has 0 unspecified atom stereocenters. The number of amides is 1. The molecular formula is C24H24N2O3S. The molecule has 0 aromatic heterocycles. The van der Waals surface area contributed by atoms with Crippen molar-refractivity contribution in [3.63, 3.8) is 0 Å². The molecule has 1 amide bonds. The second-order valence-corrected chi connectivity index (χ2v) is 9.83. The standard InChI is InChI=1S/C24H24N2O3S/c1-15(2)17-9-11-19(12-10-17)25-24(27)18-13-16(3)23-21(14-18)20-7-5-6-8-22(20)30(28,29)26(23)4/h5-15H,1-4H3,(H,25,27). The van der Waals surface area contributed by atoms with E-state index in [1.165, 1.54) is 9.87 Å². The monoisotopic (exact) mass is 420 g/mol. The van der Waals surface area contributed by atoms with Crippen LogP contribution in [0.1, 0.15) is 41.3 Å². The van der Waals surface area contributed by atoms with Crippen molar-refractivity contribution in [1.29, 1.82) is 0 Å². The van der Waals surface area contributed by atoms with Gasteiger partial charge in [0.25, 0.3) is 15.9 Å². The van der Waals surface area contributed by atoms with Gasteiger partial charge in [0.1, 0.15) is 0 Å². The molecular weight excluding hydrogens is 396 g/mol. The molecule has 4 rings (SSSR count). The van der Waals surface area contributed by atoms with Crippen molar-refractivity contribution >= 4 is 27.3 Å². The zero-order valence-corrected chi connectivity index (χ0v) is 18.2. The van der Waals surface area contributed by atoms with Crippen molar-refractivity contribution < 1.29 is 13.2 Å². The third kappa shape index (κ3) is 3.27. The largest absolute Gasteiger partial charge is 0.322 e. The summed E-state index contributed by atoms with van der Waals surface area (Å²) in [6.45, 7) is 6.07. The molecule has 0 bridgehead atoms. The highest BCUT2D eigenvalue weighted by Gasteiger charge is 2.33. The molecule has 3 aromatic rings. The van der Waals surface area contributed by atoms with Gasteiger partial charge in [-0.25, -0.2) is 8.42 Å². The van der Waals surface area contributed by atoms with Gasteiger partial charge in [0.2, 0.25) is 0 Å². The molecule has 1 aliphatic heterocycles. The maximum absolute atomic E-state index is 12.9. The Labute approximate surface area is 177 Å². The van der Waals surface area contributed by atoms with Crippen LogP contribution in [-0.2, 0) is 10.0 Å². The molecule has 1 heterocycles. The number of carbonyl (C=O) groups excluding carboxylic acids is 1. The molecule has 0 saturated heterocycles. The van der Waals surface area contributed by atoms with Gasteiger partial charge in [-0.3, -0.25) is 9.10 Å². The number of anilines is 2. The zero-order chi connectivity index (χ0) is 21.6. The lowest BCUT2D eigenvalue weighted by Crippen LogP contribution is -2.31. The lowest BCUT2D eigenvalue weighted by Gasteiger charge is -2.31. The quantitative estimate of drug-likeness (QED) is 0.635. The van der Waals surface area contributed by atoms with Gasteiger partial charge in [-0.05, 0) is 54.3 Å². The van der Waals surface area contributed by atoms with Crippen LogP contribution < -0.4 is 9.62 Å². The van der Waals surface area contributed by atoms with E-state index in [1.807, 2.05) is 37.3 Å². The molecule has 1 N–H and O–H groups in total. The number of hydrogen-bond acceptors (Lipinski definition) is 3. The first-order chi connectivity index (χ1) is 14.2. The Kier molecular flexibility index (Phi) is 4.90. The van der Waals surface area contributed by atoms with E-state index in [1.54, 1.807) is 37.4 Å². The summed E-state index contributed by atoms with van der Waals surface area (Å²) in [6, 6.07) is 18.2. The molecule has 0 aliphatic carbocycles. The van der Waals surface area contributed by atoms with Crippen molar-refractivity contribution in [3.05, 3.63) is 77.4 Å². The molecule has 0 spiro atoms. The maximum Gasteiger partial charge on any atom is 0.264 e. The number of nitrogens with zero attached hydrogens (tertiary/aromatic N) is 1. The highest BCUT2D eigenvalue weighted by atomic mass is 32.2. The molecule has 5 nitrogen and oxygen atoms in total. The van der Waals surface area contributed by atoms with Crippen LogP contribution in [0, 0.1) is 6.92 Å². The van der Waals surface area contributed by atoms with Gasteiger partial charge >= 0.3 is 0 Å². The van der Waals surface area contributed by atoms with E-state index in [9.17, 15) is 13.2 Å². The fraction of sp³-hybridized carbons (Fsp3) is 0.208. The maximum atomic E-state index is 12.9. The van der Waals surface area contributed by atoms with E-state index >= 15 is 0 Å². The smallest absolute Gasteiger partial charge is 0.264 e. The predicted octanol–water partition coefficient (Wildman–Crippen LogP) is 5.18. The number of nitrogens with one attached hydrogen (secondary N) is 1. The second kappa shape index (κ2) is 7.29. The summed E-state index contributed by atoms with van der Waals surface area (Å²) in [5.41, 5.74) is 5.10. The number of benzene rings is 3. The Morgan fingerprint density at radius 1 is 0.967 bits per heavy atom. The highest BCUT2D eigenvalue weighted by Crippen LogP contribution is 2.44. The van der Waals surface area contributed by atoms with Gasteiger partial charge < -0.3 is 5.32 Å². The van der Waals surface area contributed by atoms with E-state index in [0.717, 1.165) is 16.8 Å². The minimum Gasteiger partial charge on any atom is -0.322 e. The highest BCUT2D eigenvalue weighted by molar-refractivity contribution is 7.93. The van der Waals surface area contributed by atoms with Gasteiger partial charge in [0.15, 0.2) is 0 Å². The van der Waals surface area contributed by atoms with E-state index in [4.69, 9.17) is 0 Å². The Balaban J connectivity index is 1.75. The van der Waals surface area contributed by atoms with Crippen LogP contribution in [0.15, 0.2) is 65.6 Å². The average molecular weight is 421 g/mol. The normalized spacial score (nSPS) is 14.2. The van der Waals surface area contributed by atoms with Crippen LogP contribution in [0.5, 0.6) is 0 Å². The van der Waals surface area contributed by atoms with Crippen LogP contribution in [0.25, 0.3) is 11.1 Å². The Morgan fingerprint density at radius 3 is 2.30 bits per heavy atom. The number of hydrogen-bond donors (Lipinski definition) is 1. The molecule has 3 aromatic carbocycles. The van der Waals surface area contributed by atoms with Gasteiger partial charge in [-0.15, -0.1) is 0 Å². The van der Waals surface area contributed by atoms with Crippen LogP contribution in [0.4, 0.5) is 11.4 Å². The Hall–Kier alpha value is -3.12. The lowest BCUT2D eigenvalue weighted by molar-refractivity contribution is 0.102. The van der Waals surface area contributed by atoms with Gasteiger partial charge in [-0.2, -0.15) is 0 Å². The van der Waals surface area contributed by atoms with Crippen molar-refractivity contribution in [1.82, 2.24) is 0 Å². The zero-order valence-electron chi connectivity index (χ0n) is 17.4. The SMILES string of the molecule is Cc1cc(C(=O)Nc2ccc(C(C)C)cc2)cc2c1N(C)S(=O)(=O)c1ccccc1-2. The summed E-state index contributed by atoms with van der Waals surface area (Å²) in [5, 5.41) is 2.94. The topological polar surface area (TPSA) is 66.5 Å². The number of sulfonamides is 1. The summed E-state index contributed by atoms with van der Waals surface area (Å²) >= 11 is 0. The van der Waals surface area contributed by atoms with Crippen molar-refractivity contribution in [2.45, 2.75) is 31.6 Å². The van der Waals surface area contributed by atoms with Crippen molar-refractivity contribution in [2.75, 3.05) is 16.7 Å². The first-order valence-corrected chi connectivity index (χ1v) is 11.3. The second-order valence-electron chi connectivity index (χ2n) is 7.89. The number of rotatable bonds is 3. The van der Waals surface area contributed by atoms with Gasteiger partial charge in [0, 0.05) is 29.4 Å². The third-order valence-electron chi connectivity index (χ3n) is 5.53. The molecule has 30 heavy (non-hydrogen) atoms. The van der Waals surface area contributed by atoms with Crippen molar-refractivity contribution in [2.24, 2.45) is 0 Å². The summed E-state index contributed by atoms with van der Waals surface area (Å²) in [7, 11) is -2.07. The minimum atomic E-state index is -3.62. The van der Waals surface area contributed by atoms with E-state index in [2.05, 4.69) is 19.2 Å². The Bertz CT molecular complexity index is 1250. The fourth-order valence-electron chi connectivity index (χ4n) is 3.87. The summed E-state index contributed by atoms with van der Waals surface area (Å²) in [4.78, 5) is 13.2. The molecule has 0 radical (unpaired) electrons. The Morgan fingerprint density at radius 2 is 1.63 bits per heavy atom. The van der Waals surface area contributed by atoms with Gasteiger partial charge in [-0.1, -0.05) is 44.2 Å². The molecule has 154 valence electrons. The van der Waals surface area contributed by atoms with E-state index in [-0.39, 0.29) is 10.8 Å².